The van der Waals surface area contributed by atoms with Gasteiger partial charge in [-0.15, -0.1) is 0 Å². The Hall–Kier alpha value is -1.18. The van der Waals surface area contributed by atoms with Crippen molar-refractivity contribution in [1.82, 2.24) is 0 Å². The van der Waals surface area contributed by atoms with Crippen molar-refractivity contribution < 1.29 is 0 Å². The van der Waals surface area contributed by atoms with E-state index < -0.39 is 0 Å². The third kappa shape index (κ3) is 2.65. The summed E-state index contributed by atoms with van der Waals surface area (Å²) in [5, 5.41) is 4.85. The molecule has 2 aromatic carbocycles. The van der Waals surface area contributed by atoms with Crippen LogP contribution in [0.25, 0.3) is 0 Å². The van der Waals surface area contributed by atoms with Crippen molar-refractivity contribution in [1.29, 1.82) is 0 Å². The van der Waals surface area contributed by atoms with Crippen LogP contribution in [-0.4, -0.2) is 6.04 Å². The Labute approximate surface area is 129 Å². The number of anilines is 1. The first kappa shape index (κ1) is 13.8. The number of aryl methyl sites for hydroxylation is 1. The van der Waals surface area contributed by atoms with E-state index in [2.05, 4.69) is 36.5 Å². The van der Waals surface area contributed by atoms with Gasteiger partial charge in [-0.2, -0.15) is 0 Å². The zero-order valence-electron chi connectivity index (χ0n) is 11.4. The standard InChI is InChI=1S/C17H17Cl2N/c1-11-5-2-3-6-14(11)12-9-13(10-12)20-17-15(18)7-4-8-16(17)19/h2-8,12-13,20H,9-10H2,1H3. The summed E-state index contributed by atoms with van der Waals surface area (Å²) in [5.74, 6) is 0.648. The average Bonchev–Trinajstić information content (AvgIpc) is 2.37. The van der Waals surface area contributed by atoms with Gasteiger partial charge in [-0.3, -0.25) is 0 Å². The van der Waals surface area contributed by atoms with Gasteiger partial charge in [0.25, 0.3) is 0 Å². The molecule has 104 valence electrons. The SMILES string of the molecule is Cc1ccccc1C1CC(Nc2c(Cl)cccc2Cl)C1. The Morgan fingerprint density at radius 2 is 1.60 bits per heavy atom. The van der Waals surface area contributed by atoms with E-state index in [9.17, 15) is 0 Å². The molecular formula is C17H17Cl2N. The topological polar surface area (TPSA) is 12.0 Å². The second kappa shape index (κ2) is 5.67. The molecule has 0 saturated heterocycles. The van der Waals surface area contributed by atoms with Crippen LogP contribution >= 0.6 is 23.2 Å². The van der Waals surface area contributed by atoms with Crippen molar-refractivity contribution in [3.8, 4) is 0 Å². The molecule has 0 unspecified atom stereocenters. The molecule has 0 heterocycles. The molecule has 1 nitrogen and oxygen atoms in total. The molecule has 1 aliphatic carbocycles. The van der Waals surface area contributed by atoms with Crippen LogP contribution in [0.5, 0.6) is 0 Å². The summed E-state index contributed by atoms with van der Waals surface area (Å²) in [6, 6.07) is 14.7. The Morgan fingerprint density at radius 3 is 2.25 bits per heavy atom. The minimum Gasteiger partial charge on any atom is -0.380 e. The molecule has 1 N–H and O–H groups in total. The van der Waals surface area contributed by atoms with Gasteiger partial charge in [0.2, 0.25) is 0 Å². The fourth-order valence-electron chi connectivity index (χ4n) is 2.87. The third-order valence-electron chi connectivity index (χ3n) is 4.08. The van der Waals surface area contributed by atoms with E-state index in [1.807, 2.05) is 18.2 Å². The highest BCUT2D eigenvalue weighted by molar-refractivity contribution is 6.39. The van der Waals surface area contributed by atoms with Gasteiger partial charge in [0.15, 0.2) is 0 Å². The molecule has 0 radical (unpaired) electrons. The highest BCUT2D eigenvalue weighted by atomic mass is 35.5. The molecule has 1 aliphatic rings. The predicted molar refractivity (Wildman–Crippen MR) is 87.0 cm³/mol. The van der Waals surface area contributed by atoms with E-state index in [1.165, 1.54) is 11.1 Å². The van der Waals surface area contributed by atoms with Crippen LogP contribution in [0.1, 0.15) is 29.9 Å². The molecule has 0 spiro atoms. The molecular weight excluding hydrogens is 289 g/mol. The molecule has 0 bridgehead atoms. The van der Waals surface area contributed by atoms with Crippen molar-refractivity contribution >= 4 is 28.9 Å². The molecule has 0 aromatic heterocycles. The van der Waals surface area contributed by atoms with Crippen molar-refractivity contribution in [2.75, 3.05) is 5.32 Å². The number of para-hydroxylation sites is 1. The van der Waals surface area contributed by atoms with Crippen LogP contribution in [0.2, 0.25) is 10.0 Å². The Kier molecular flexibility index (Phi) is 3.91. The quantitative estimate of drug-likeness (QED) is 0.771. The molecule has 0 amide bonds. The van der Waals surface area contributed by atoms with E-state index in [0.717, 1.165) is 18.5 Å². The lowest BCUT2D eigenvalue weighted by Gasteiger charge is -2.38. The molecule has 3 rings (SSSR count). The average molecular weight is 306 g/mol. The summed E-state index contributed by atoms with van der Waals surface area (Å²) in [5.41, 5.74) is 3.71. The summed E-state index contributed by atoms with van der Waals surface area (Å²) in [6.07, 6.45) is 2.26. The molecule has 3 heteroatoms. The third-order valence-corrected chi connectivity index (χ3v) is 4.71. The zero-order chi connectivity index (χ0) is 14.1. The lowest BCUT2D eigenvalue weighted by atomic mass is 9.74. The minimum atomic E-state index is 0.456. The largest absolute Gasteiger partial charge is 0.380 e. The molecule has 20 heavy (non-hydrogen) atoms. The summed E-state index contributed by atoms with van der Waals surface area (Å²) >= 11 is 12.4. The maximum atomic E-state index is 6.19. The van der Waals surface area contributed by atoms with Gasteiger partial charge < -0.3 is 5.32 Å². The lowest BCUT2D eigenvalue weighted by Crippen LogP contribution is -2.34. The van der Waals surface area contributed by atoms with E-state index in [4.69, 9.17) is 23.2 Å². The Morgan fingerprint density at radius 1 is 0.950 bits per heavy atom. The van der Waals surface area contributed by atoms with Gasteiger partial charge in [0.05, 0.1) is 15.7 Å². The van der Waals surface area contributed by atoms with Crippen LogP contribution < -0.4 is 5.32 Å². The normalized spacial score (nSPS) is 21.4. The van der Waals surface area contributed by atoms with Gasteiger partial charge in [-0.1, -0.05) is 53.5 Å². The highest BCUT2D eigenvalue weighted by Crippen LogP contribution is 2.41. The van der Waals surface area contributed by atoms with Crippen molar-refractivity contribution in [2.24, 2.45) is 0 Å². The van der Waals surface area contributed by atoms with Crippen LogP contribution in [0.4, 0.5) is 5.69 Å². The van der Waals surface area contributed by atoms with Gasteiger partial charge in [-0.05, 0) is 48.9 Å². The predicted octanol–water partition coefficient (Wildman–Crippen LogP) is 5.66. The number of halogens is 2. The Balaban J connectivity index is 1.66. The lowest BCUT2D eigenvalue weighted by molar-refractivity contribution is 0.373. The van der Waals surface area contributed by atoms with Gasteiger partial charge in [-0.25, -0.2) is 0 Å². The number of rotatable bonds is 3. The fraction of sp³-hybridized carbons (Fsp3) is 0.294. The van der Waals surface area contributed by atoms with E-state index in [1.54, 1.807) is 0 Å². The molecule has 1 fully saturated rings. The van der Waals surface area contributed by atoms with Crippen LogP contribution in [0.15, 0.2) is 42.5 Å². The smallest absolute Gasteiger partial charge is 0.0721 e. The second-order valence-electron chi connectivity index (χ2n) is 5.46. The zero-order valence-corrected chi connectivity index (χ0v) is 12.9. The van der Waals surface area contributed by atoms with Crippen molar-refractivity contribution in [3.05, 3.63) is 63.6 Å². The van der Waals surface area contributed by atoms with Crippen LogP contribution in [-0.2, 0) is 0 Å². The fourth-order valence-corrected chi connectivity index (χ4v) is 3.38. The highest BCUT2D eigenvalue weighted by Gasteiger charge is 2.31. The number of hydrogen-bond donors (Lipinski definition) is 1. The monoisotopic (exact) mass is 305 g/mol. The van der Waals surface area contributed by atoms with E-state index in [0.29, 0.717) is 22.0 Å². The van der Waals surface area contributed by atoms with Gasteiger partial charge >= 0.3 is 0 Å². The maximum Gasteiger partial charge on any atom is 0.0721 e. The van der Waals surface area contributed by atoms with Gasteiger partial charge in [0.1, 0.15) is 0 Å². The summed E-state index contributed by atoms with van der Waals surface area (Å²) in [4.78, 5) is 0. The van der Waals surface area contributed by atoms with E-state index >= 15 is 0 Å². The Bertz CT molecular complexity index is 598. The first-order valence-corrected chi connectivity index (χ1v) is 7.67. The molecule has 0 atom stereocenters. The first-order chi connectivity index (χ1) is 9.65. The van der Waals surface area contributed by atoms with Crippen molar-refractivity contribution in [2.45, 2.75) is 31.7 Å². The molecule has 2 aromatic rings. The molecule has 1 saturated carbocycles. The first-order valence-electron chi connectivity index (χ1n) is 6.91. The summed E-state index contributed by atoms with van der Waals surface area (Å²) in [7, 11) is 0. The second-order valence-corrected chi connectivity index (χ2v) is 6.28. The summed E-state index contributed by atoms with van der Waals surface area (Å²) in [6.45, 7) is 2.18. The molecule has 0 aliphatic heterocycles. The van der Waals surface area contributed by atoms with Crippen molar-refractivity contribution in [3.63, 3.8) is 0 Å². The number of benzene rings is 2. The van der Waals surface area contributed by atoms with Crippen LogP contribution in [0, 0.1) is 6.92 Å². The number of nitrogens with one attached hydrogen (secondary N) is 1. The van der Waals surface area contributed by atoms with E-state index in [-0.39, 0.29) is 0 Å². The number of hydrogen-bond acceptors (Lipinski definition) is 1. The summed E-state index contributed by atoms with van der Waals surface area (Å²) < 4.78 is 0. The maximum absolute atomic E-state index is 6.19. The van der Waals surface area contributed by atoms with Gasteiger partial charge in [0, 0.05) is 6.04 Å². The minimum absolute atomic E-state index is 0.456. The van der Waals surface area contributed by atoms with Crippen LogP contribution in [0.3, 0.4) is 0 Å².